The van der Waals surface area contributed by atoms with Crippen molar-refractivity contribution in [1.82, 2.24) is 0 Å². The average molecular weight is 278 g/mol. The Hall–Kier alpha value is 0.0200. The summed E-state index contributed by atoms with van der Waals surface area (Å²) in [5.41, 5.74) is 0.166. The molecule has 0 N–H and O–H groups in total. The molecule has 1 nitrogen and oxygen atoms in total. The van der Waals surface area contributed by atoms with E-state index in [1.165, 1.54) is 62.9 Å². The van der Waals surface area contributed by atoms with Gasteiger partial charge >= 0.3 is 0 Å². The van der Waals surface area contributed by atoms with Gasteiger partial charge in [0.05, 0.1) is 0 Å². The number of carbonyl (C=O) groups is 1. The Morgan fingerprint density at radius 2 is 1.47 bits per heavy atom. The summed E-state index contributed by atoms with van der Waals surface area (Å²) < 4.78 is 0. The molecular formula is C17H26OS. The van der Waals surface area contributed by atoms with E-state index in [2.05, 4.69) is 11.8 Å². The molecule has 0 radical (unpaired) electrons. The number of rotatable bonds is 3. The Kier molecular flexibility index (Phi) is 3.21. The Bertz CT molecular complexity index is 334. The van der Waals surface area contributed by atoms with Crippen LogP contribution >= 0.6 is 11.8 Å². The van der Waals surface area contributed by atoms with Crippen molar-refractivity contribution in [2.45, 2.75) is 57.8 Å². The molecule has 1 aliphatic heterocycles. The molecule has 0 amide bonds. The lowest BCUT2D eigenvalue weighted by atomic mass is 9.48. The minimum atomic E-state index is 0.166. The maximum Gasteiger partial charge on any atom is 0.139 e. The van der Waals surface area contributed by atoms with E-state index < -0.39 is 0 Å². The zero-order valence-electron chi connectivity index (χ0n) is 11.9. The Morgan fingerprint density at radius 3 is 2.00 bits per heavy atom. The maximum absolute atomic E-state index is 13.0. The van der Waals surface area contributed by atoms with Gasteiger partial charge in [-0.05, 0) is 86.5 Å². The first-order valence-electron chi connectivity index (χ1n) is 8.34. The molecular weight excluding hydrogens is 252 g/mol. The molecule has 1 heterocycles. The molecule has 19 heavy (non-hydrogen) atoms. The molecule has 0 aromatic carbocycles. The van der Waals surface area contributed by atoms with Crippen LogP contribution in [0.4, 0.5) is 0 Å². The Labute approximate surface area is 121 Å². The fourth-order valence-corrected chi connectivity index (χ4v) is 7.09. The lowest BCUT2D eigenvalue weighted by molar-refractivity contribution is -0.144. The fraction of sp³-hybridized carbons (Fsp3) is 0.941. The molecule has 4 aliphatic carbocycles. The summed E-state index contributed by atoms with van der Waals surface area (Å²) in [6.45, 7) is 0. The monoisotopic (exact) mass is 278 g/mol. The molecule has 4 saturated carbocycles. The summed E-state index contributed by atoms with van der Waals surface area (Å²) in [5.74, 6) is 6.73. The summed E-state index contributed by atoms with van der Waals surface area (Å²) >= 11 is 2.07. The fourth-order valence-electron chi connectivity index (χ4n) is 5.88. The molecule has 106 valence electrons. The first-order valence-corrected chi connectivity index (χ1v) is 9.50. The summed E-state index contributed by atoms with van der Waals surface area (Å²) in [7, 11) is 0. The van der Waals surface area contributed by atoms with Gasteiger partial charge in [-0.2, -0.15) is 11.8 Å². The number of Topliss-reactive ketones (excluding diaryl/α,β-unsaturated/α-hetero) is 1. The predicted octanol–water partition coefficient (Wildman–Crippen LogP) is 4.31. The van der Waals surface area contributed by atoms with E-state index in [9.17, 15) is 4.79 Å². The van der Waals surface area contributed by atoms with Crippen molar-refractivity contribution in [3.63, 3.8) is 0 Å². The normalized spacial score (nSPS) is 45.6. The van der Waals surface area contributed by atoms with Crippen molar-refractivity contribution >= 4 is 17.5 Å². The van der Waals surface area contributed by atoms with Gasteiger partial charge in [-0.25, -0.2) is 0 Å². The van der Waals surface area contributed by atoms with Crippen LogP contribution in [0.25, 0.3) is 0 Å². The first-order chi connectivity index (χ1) is 9.23. The molecule has 5 fully saturated rings. The summed E-state index contributed by atoms with van der Waals surface area (Å²) in [6, 6.07) is 0. The van der Waals surface area contributed by atoms with E-state index in [1.54, 1.807) is 0 Å². The van der Waals surface area contributed by atoms with E-state index in [0.29, 0.717) is 5.78 Å². The van der Waals surface area contributed by atoms with Gasteiger partial charge in [0.25, 0.3) is 0 Å². The van der Waals surface area contributed by atoms with Crippen molar-refractivity contribution in [2.75, 3.05) is 11.5 Å². The van der Waals surface area contributed by atoms with Crippen LogP contribution in [-0.2, 0) is 4.79 Å². The third kappa shape index (κ3) is 2.28. The molecule has 1 saturated heterocycles. The van der Waals surface area contributed by atoms with E-state index in [0.717, 1.165) is 30.1 Å². The third-order valence-electron chi connectivity index (χ3n) is 6.44. The molecule has 0 aromatic rings. The highest BCUT2D eigenvalue weighted by molar-refractivity contribution is 7.99. The number of hydrogen-bond donors (Lipinski definition) is 0. The quantitative estimate of drug-likeness (QED) is 0.765. The second kappa shape index (κ2) is 4.79. The minimum absolute atomic E-state index is 0.166. The van der Waals surface area contributed by atoms with Gasteiger partial charge in [0.15, 0.2) is 0 Å². The van der Waals surface area contributed by atoms with Crippen LogP contribution in [-0.4, -0.2) is 17.3 Å². The van der Waals surface area contributed by atoms with Gasteiger partial charge in [0.2, 0.25) is 0 Å². The van der Waals surface area contributed by atoms with Gasteiger partial charge in [-0.1, -0.05) is 0 Å². The largest absolute Gasteiger partial charge is 0.299 e. The molecule has 0 spiro atoms. The van der Waals surface area contributed by atoms with Crippen molar-refractivity contribution in [2.24, 2.45) is 29.1 Å². The van der Waals surface area contributed by atoms with Crippen molar-refractivity contribution in [3.05, 3.63) is 0 Å². The Morgan fingerprint density at radius 1 is 0.947 bits per heavy atom. The van der Waals surface area contributed by atoms with Crippen molar-refractivity contribution in [1.29, 1.82) is 0 Å². The maximum atomic E-state index is 13.0. The van der Waals surface area contributed by atoms with E-state index in [4.69, 9.17) is 0 Å². The SMILES string of the molecule is O=C(CC1CCSCC1)C12CC3CC(CC(C3)C1)C2. The standard InChI is InChI=1S/C17H26OS/c18-16(8-12-1-3-19-4-2-12)17-9-13-5-14(10-17)7-15(6-13)11-17/h12-15H,1-11H2. The van der Waals surface area contributed by atoms with Gasteiger partial charge in [-0.15, -0.1) is 0 Å². The first kappa shape index (κ1) is 12.7. The highest BCUT2D eigenvalue weighted by Crippen LogP contribution is 2.60. The summed E-state index contributed by atoms with van der Waals surface area (Å²) in [6.07, 6.45) is 11.7. The zero-order chi connectivity index (χ0) is 12.9. The molecule has 0 aromatic heterocycles. The van der Waals surface area contributed by atoms with Gasteiger partial charge in [-0.3, -0.25) is 4.79 Å². The smallest absolute Gasteiger partial charge is 0.139 e. The second-order valence-electron chi connectivity index (χ2n) is 7.88. The Balaban J connectivity index is 1.47. The second-order valence-corrected chi connectivity index (χ2v) is 9.11. The highest BCUT2D eigenvalue weighted by atomic mass is 32.2. The number of thioether (sulfide) groups is 1. The molecule has 4 bridgehead atoms. The van der Waals surface area contributed by atoms with Gasteiger partial charge in [0.1, 0.15) is 5.78 Å². The van der Waals surface area contributed by atoms with Gasteiger partial charge < -0.3 is 0 Å². The lowest BCUT2D eigenvalue weighted by Gasteiger charge is -2.56. The van der Waals surface area contributed by atoms with E-state index in [1.807, 2.05) is 0 Å². The van der Waals surface area contributed by atoms with E-state index in [-0.39, 0.29) is 5.41 Å². The van der Waals surface area contributed by atoms with Crippen LogP contribution in [0.3, 0.4) is 0 Å². The third-order valence-corrected chi connectivity index (χ3v) is 7.49. The van der Waals surface area contributed by atoms with Crippen LogP contribution in [0.2, 0.25) is 0 Å². The van der Waals surface area contributed by atoms with Crippen LogP contribution in [0.1, 0.15) is 57.8 Å². The molecule has 5 rings (SSSR count). The van der Waals surface area contributed by atoms with Crippen LogP contribution in [0, 0.1) is 29.1 Å². The molecule has 2 heteroatoms. The average Bonchev–Trinajstić information content (AvgIpc) is 2.38. The summed E-state index contributed by atoms with van der Waals surface area (Å²) in [4.78, 5) is 13.0. The van der Waals surface area contributed by atoms with Crippen molar-refractivity contribution in [3.8, 4) is 0 Å². The number of hydrogen-bond acceptors (Lipinski definition) is 2. The van der Waals surface area contributed by atoms with Crippen molar-refractivity contribution < 1.29 is 4.79 Å². The van der Waals surface area contributed by atoms with Crippen LogP contribution in [0.15, 0.2) is 0 Å². The molecule has 0 unspecified atom stereocenters. The van der Waals surface area contributed by atoms with Crippen LogP contribution in [0.5, 0.6) is 0 Å². The van der Waals surface area contributed by atoms with E-state index >= 15 is 0 Å². The topological polar surface area (TPSA) is 17.1 Å². The number of carbonyl (C=O) groups excluding carboxylic acids is 1. The summed E-state index contributed by atoms with van der Waals surface area (Å²) in [5, 5.41) is 0. The predicted molar refractivity (Wildman–Crippen MR) is 80.3 cm³/mol. The minimum Gasteiger partial charge on any atom is -0.299 e. The van der Waals surface area contributed by atoms with Crippen LogP contribution < -0.4 is 0 Å². The lowest BCUT2D eigenvalue weighted by Crippen LogP contribution is -2.50. The molecule has 5 aliphatic rings. The number of ketones is 1. The highest BCUT2D eigenvalue weighted by Gasteiger charge is 2.54. The zero-order valence-corrected chi connectivity index (χ0v) is 12.7. The molecule has 0 atom stereocenters. The van der Waals surface area contributed by atoms with Gasteiger partial charge in [0, 0.05) is 11.8 Å².